The second-order valence-electron chi connectivity index (χ2n) is 5.02. The van der Waals surface area contributed by atoms with Gasteiger partial charge in [0.25, 0.3) is 0 Å². The molecule has 0 bridgehead atoms. The Balaban J connectivity index is 2.09. The first-order valence-corrected chi connectivity index (χ1v) is 7.55. The highest BCUT2D eigenvalue weighted by Gasteiger charge is 2.56. The lowest BCUT2D eigenvalue weighted by Crippen LogP contribution is -2.61. The molecule has 2 amide bonds. The third kappa shape index (κ3) is 2.87. The summed E-state index contributed by atoms with van der Waals surface area (Å²) < 4.78 is 0. The molecule has 0 radical (unpaired) electrons. The molecule has 1 fully saturated rings. The van der Waals surface area contributed by atoms with Crippen LogP contribution >= 0.6 is 11.8 Å². The number of nitrogens with two attached hydrogens (primary N) is 1. The number of β-lactam (4-membered cyclic amide) rings is 1. The van der Waals surface area contributed by atoms with E-state index in [0.29, 0.717) is 11.3 Å². The zero-order valence-electron chi connectivity index (χ0n) is 11.9. The SMILES string of the molecule is C[C@@H](O)C1C(=O)N2C(C(=O)O)=C(SC=CNC(=O)CN)CC12. The number of carbonyl (C=O) groups is 3. The second-order valence-corrected chi connectivity index (χ2v) is 6.02. The third-order valence-corrected chi connectivity index (χ3v) is 4.52. The topological polar surface area (TPSA) is 133 Å². The third-order valence-electron chi connectivity index (χ3n) is 3.60. The first kappa shape index (κ1) is 16.5. The molecule has 0 aromatic heterocycles. The maximum Gasteiger partial charge on any atom is 0.353 e. The molecule has 8 nitrogen and oxygen atoms in total. The lowest BCUT2D eigenvalue weighted by atomic mass is 9.83. The molecule has 2 aliphatic rings. The van der Waals surface area contributed by atoms with Crippen LogP contribution in [0.2, 0.25) is 0 Å². The summed E-state index contributed by atoms with van der Waals surface area (Å²) in [5.74, 6) is -2.47. The number of fused-ring (bicyclic) bond motifs is 1. The average molecular weight is 327 g/mol. The summed E-state index contributed by atoms with van der Waals surface area (Å²) in [4.78, 5) is 36.1. The molecule has 120 valence electrons. The lowest BCUT2D eigenvalue weighted by molar-refractivity contribution is -0.161. The van der Waals surface area contributed by atoms with Gasteiger partial charge in [0.1, 0.15) is 5.70 Å². The maximum absolute atomic E-state index is 12.0. The molecule has 22 heavy (non-hydrogen) atoms. The summed E-state index contributed by atoms with van der Waals surface area (Å²) in [5.41, 5.74) is 5.08. The minimum absolute atomic E-state index is 0.0494. The van der Waals surface area contributed by atoms with Crippen LogP contribution in [0.4, 0.5) is 0 Å². The molecule has 0 spiro atoms. The molecule has 1 saturated heterocycles. The van der Waals surface area contributed by atoms with E-state index in [0.717, 1.165) is 11.8 Å². The Morgan fingerprint density at radius 2 is 2.27 bits per heavy atom. The molecule has 2 aliphatic heterocycles. The average Bonchev–Trinajstić information content (AvgIpc) is 2.77. The van der Waals surface area contributed by atoms with Gasteiger partial charge < -0.3 is 26.2 Å². The molecule has 3 atom stereocenters. The van der Waals surface area contributed by atoms with Crippen LogP contribution in [0.15, 0.2) is 22.2 Å². The van der Waals surface area contributed by atoms with E-state index in [2.05, 4.69) is 5.32 Å². The van der Waals surface area contributed by atoms with Crippen molar-refractivity contribution in [3.05, 3.63) is 22.2 Å². The molecular formula is C13H17N3O5S. The highest BCUT2D eigenvalue weighted by atomic mass is 32.2. The van der Waals surface area contributed by atoms with Gasteiger partial charge in [-0.15, -0.1) is 0 Å². The summed E-state index contributed by atoms with van der Waals surface area (Å²) in [7, 11) is 0. The van der Waals surface area contributed by atoms with E-state index in [1.807, 2.05) is 0 Å². The fourth-order valence-corrected chi connectivity index (χ4v) is 3.50. The predicted molar refractivity (Wildman–Crippen MR) is 79.0 cm³/mol. The van der Waals surface area contributed by atoms with Crippen LogP contribution < -0.4 is 11.1 Å². The number of aliphatic hydroxyl groups is 1. The standard InChI is InChI=1S/C13H17N3O5S/c1-6(17)10-7-4-8(22-3-2-15-9(18)5-14)11(13(20)21)16(7)12(10)19/h2-3,6-7,10,17H,4-5,14H2,1H3,(H,15,18)(H,20,21)/t6-,7?,10?/m1/s1. The summed E-state index contributed by atoms with van der Waals surface area (Å²) in [6.45, 7) is 1.38. The Hall–Kier alpha value is -1.84. The number of carbonyl (C=O) groups excluding carboxylic acids is 2. The van der Waals surface area contributed by atoms with Gasteiger partial charge in [-0.2, -0.15) is 0 Å². The molecular weight excluding hydrogens is 310 g/mol. The zero-order chi connectivity index (χ0) is 16.4. The largest absolute Gasteiger partial charge is 0.477 e. The fraction of sp³-hybridized carbons (Fsp3) is 0.462. The molecule has 0 aromatic carbocycles. The van der Waals surface area contributed by atoms with Crippen LogP contribution in [0.25, 0.3) is 0 Å². The lowest BCUT2D eigenvalue weighted by Gasteiger charge is -2.44. The van der Waals surface area contributed by atoms with E-state index in [-0.39, 0.29) is 30.1 Å². The zero-order valence-corrected chi connectivity index (χ0v) is 12.7. The monoisotopic (exact) mass is 327 g/mol. The second kappa shape index (κ2) is 6.51. The number of carboxylic acid groups (broad SMARTS) is 1. The molecule has 2 rings (SSSR count). The Kier molecular flexibility index (Phi) is 4.89. The molecule has 2 unspecified atom stereocenters. The number of aliphatic hydroxyl groups excluding tert-OH is 1. The molecule has 0 aliphatic carbocycles. The van der Waals surface area contributed by atoms with Gasteiger partial charge in [-0.1, -0.05) is 11.8 Å². The van der Waals surface area contributed by atoms with Crippen molar-refractivity contribution < 1.29 is 24.6 Å². The quantitative estimate of drug-likeness (QED) is 0.468. The number of hydrogen-bond acceptors (Lipinski definition) is 6. The summed E-state index contributed by atoms with van der Waals surface area (Å²) in [6.07, 6.45) is 0.936. The fourth-order valence-electron chi connectivity index (χ4n) is 2.64. The van der Waals surface area contributed by atoms with E-state index in [9.17, 15) is 24.6 Å². The van der Waals surface area contributed by atoms with E-state index < -0.39 is 18.0 Å². The van der Waals surface area contributed by atoms with Crippen LogP contribution in [-0.4, -0.2) is 51.6 Å². The molecule has 5 N–H and O–H groups in total. The number of thioether (sulfide) groups is 1. The Labute approximate surface area is 131 Å². The smallest absolute Gasteiger partial charge is 0.353 e. The van der Waals surface area contributed by atoms with Gasteiger partial charge in [0.2, 0.25) is 11.8 Å². The minimum atomic E-state index is -1.18. The van der Waals surface area contributed by atoms with Crippen LogP contribution in [-0.2, 0) is 14.4 Å². The normalized spacial score (nSPS) is 25.2. The van der Waals surface area contributed by atoms with Crippen molar-refractivity contribution in [2.45, 2.75) is 25.5 Å². The van der Waals surface area contributed by atoms with Gasteiger partial charge in [0.05, 0.1) is 24.6 Å². The van der Waals surface area contributed by atoms with Crippen molar-refractivity contribution in [2.24, 2.45) is 11.7 Å². The van der Waals surface area contributed by atoms with E-state index >= 15 is 0 Å². The van der Waals surface area contributed by atoms with Crippen LogP contribution in [0.3, 0.4) is 0 Å². The Bertz CT molecular complexity index is 572. The molecule has 0 aromatic rings. The first-order valence-electron chi connectivity index (χ1n) is 6.67. The first-order chi connectivity index (χ1) is 10.4. The minimum Gasteiger partial charge on any atom is -0.477 e. The number of rotatable bonds is 6. The predicted octanol–water partition coefficient (Wildman–Crippen LogP) is -0.827. The van der Waals surface area contributed by atoms with Crippen molar-refractivity contribution in [1.29, 1.82) is 0 Å². The van der Waals surface area contributed by atoms with Gasteiger partial charge in [0.15, 0.2) is 0 Å². The number of nitrogens with one attached hydrogen (secondary N) is 1. The van der Waals surface area contributed by atoms with Gasteiger partial charge >= 0.3 is 5.97 Å². The van der Waals surface area contributed by atoms with Gasteiger partial charge in [-0.3, -0.25) is 9.59 Å². The van der Waals surface area contributed by atoms with Crippen LogP contribution in [0.1, 0.15) is 13.3 Å². The van der Waals surface area contributed by atoms with E-state index in [1.54, 1.807) is 0 Å². The summed E-state index contributed by atoms with van der Waals surface area (Å²) >= 11 is 1.12. The van der Waals surface area contributed by atoms with Crippen molar-refractivity contribution >= 4 is 29.5 Å². The summed E-state index contributed by atoms with van der Waals surface area (Å²) in [6, 6.07) is -0.312. The highest BCUT2D eigenvalue weighted by molar-refractivity contribution is 8.05. The van der Waals surface area contributed by atoms with E-state index in [1.165, 1.54) is 23.4 Å². The maximum atomic E-state index is 12.0. The molecule has 0 saturated carbocycles. The Morgan fingerprint density at radius 3 is 2.82 bits per heavy atom. The summed E-state index contributed by atoms with van der Waals surface area (Å²) in [5, 5.41) is 22.8. The van der Waals surface area contributed by atoms with Crippen molar-refractivity contribution in [2.75, 3.05) is 6.54 Å². The Morgan fingerprint density at radius 1 is 1.59 bits per heavy atom. The van der Waals surface area contributed by atoms with Gasteiger partial charge in [-0.25, -0.2) is 4.79 Å². The number of carboxylic acids is 1. The molecule has 9 heteroatoms. The van der Waals surface area contributed by atoms with Crippen molar-refractivity contribution in [1.82, 2.24) is 10.2 Å². The highest BCUT2D eigenvalue weighted by Crippen LogP contribution is 2.47. The van der Waals surface area contributed by atoms with Gasteiger partial charge in [-0.05, 0) is 12.3 Å². The van der Waals surface area contributed by atoms with Crippen molar-refractivity contribution in [3.8, 4) is 0 Å². The van der Waals surface area contributed by atoms with Crippen LogP contribution in [0, 0.1) is 5.92 Å². The van der Waals surface area contributed by atoms with Gasteiger partial charge in [0, 0.05) is 17.5 Å². The van der Waals surface area contributed by atoms with Crippen molar-refractivity contribution in [3.63, 3.8) is 0 Å². The number of nitrogens with zero attached hydrogens (tertiary/aromatic N) is 1. The molecule has 2 heterocycles. The number of aliphatic carboxylic acids is 1. The van der Waals surface area contributed by atoms with Crippen LogP contribution in [0.5, 0.6) is 0 Å². The number of amides is 2. The number of hydrogen-bond donors (Lipinski definition) is 4. The van der Waals surface area contributed by atoms with E-state index in [4.69, 9.17) is 5.73 Å².